The predicted molar refractivity (Wildman–Crippen MR) is 120 cm³/mol. The minimum absolute atomic E-state index is 0.0330. The Morgan fingerprint density at radius 3 is 2.48 bits per heavy atom. The molecule has 0 bridgehead atoms. The summed E-state index contributed by atoms with van der Waals surface area (Å²) in [5.74, 6) is 0.445. The highest BCUT2D eigenvalue weighted by Gasteiger charge is 2.27. The molecule has 0 heterocycles. The van der Waals surface area contributed by atoms with Gasteiger partial charge in [0.05, 0.1) is 17.4 Å². The van der Waals surface area contributed by atoms with Crippen molar-refractivity contribution in [3.63, 3.8) is 0 Å². The lowest BCUT2D eigenvalue weighted by molar-refractivity contribution is -0.120. The molecule has 0 saturated carbocycles. The molecule has 3 atom stereocenters. The van der Waals surface area contributed by atoms with Gasteiger partial charge >= 0.3 is 0 Å². The Morgan fingerprint density at radius 1 is 1.28 bits per heavy atom. The molecule has 0 aliphatic heterocycles. The monoisotopic (exact) mass is 448 g/mol. The van der Waals surface area contributed by atoms with Gasteiger partial charge < -0.3 is 15.7 Å². The Kier molecular flexibility index (Phi) is 10.7. The average molecular weight is 449 g/mol. The third kappa shape index (κ3) is 9.54. The number of hydrogen-bond acceptors (Lipinski definition) is 3. The average Bonchev–Trinajstić information content (AvgIpc) is 2.60. The van der Waals surface area contributed by atoms with Gasteiger partial charge in [0.25, 0.3) is 0 Å². The summed E-state index contributed by atoms with van der Waals surface area (Å²) in [4.78, 5) is 12.2. The molecule has 166 valence electrons. The highest BCUT2D eigenvalue weighted by Crippen LogP contribution is 2.27. The van der Waals surface area contributed by atoms with Gasteiger partial charge in [-0.1, -0.05) is 20.8 Å². The highest BCUT2D eigenvalue weighted by atomic mass is 35.5. The Labute approximate surface area is 184 Å². The van der Waals surface area contributed by atoms with Crippen LogP contribution in [0.4, 0.5) is 10.1 Å². The van der Waals surface area contributed by atoms with E-state index in [0.29, 0.717) is 36.7 Å². The van der Waals surface area contributed by atoms with Gasteiger partial charge in [0.15, 0.2) is 0 Å². The predicted octanol–water partition coefficient (Wildman–Crippen LogP) is 4.95. The third-order valence-corrected chi connectivity index (χ3v) is 5.89. The quantitative estimate of drug-likeness (QED) is 0.396. The van der Waals surface area contributed by atoms with Crippen molar-refractivity contribution in [2.45, 2.75) is 70.9 Å². The molecule has 0 aliphatic carbocycles. The van der Waals surface area contributed by atoms with Crippen LogP contribution in [0.3, 0.4) is 0 Å². The van der Waals surface area contributed by atoms with Crippen molar-refractivity contribution in [1.82, 2.24) is 5.32 Å². The summed E-state index contributed by atoms with van der Waals surface area (Å²) >= 11 is 12.5. The number of benzene rings is 1. The first-order chi connectivity index (χ1) is 13.4. The lowest BCUT2D eigenvalue weighted by atomic mass is 9.87. The van der Waals surface area contributed by atoms with Crippen LogP contribution in [0.5, 0.6) is 0 Å². The van der Waals surface area contributed by atoms with Crippen molar-refractivity contribution in [1.29, 1.82) is 0 Å². The molecule has 1 aromatic carbocycles. The number of aliphatic hydroxyl groups is 1. The normalized spacial score (nSPS) is 15.1. The maximum atomic E-state index is 14.3. The number of halogens is 3. The minimum atomic E-state index is -0.856. The molecule has 0 radical (unpaired) electrons. The van der Waals surface area contributed by atoms with Crippen LogP contribution in [0.25, 0.3) is 0 Å². The smallest absolute Gasteiger partial charge is 0.224 e. The summed E-state index contributed by atoms with van der Waals surface area (Å²) in [5.41, 5.74) is 0.185. The van der Waals surface area contributed by atoms with E-state index in [1.807, 2.05) is 0 Å². The molecule has 3 N–H and O–H groups in total. The molecule has 1 aromatic rings. The largest absolute Gasteiger partial charge is 0.390 e. The van der Waals surface area contributed by atoms with Gasteiger partial charge in [-0.15, -0.1) is 23.2 Å². The molecule has 7 heteroatoms. The van der Waals surface area contributed by atoms with Crippen LogP contribution in [-0.2, 0) is 11.2 Å². The molecule has 1 amide bonds. The van der Waals surface area contributed by atoms with Gasteiger partial charge in [0.2, 0.25) is 5.91 Å². The lowest BCUT2D eigenvalue weighted by Crippen LogP contribution is -2.38. The van der Waals surface area contributed by atoms with E-state index in [9.17, 15) is 14.3 Å². The van der Waals surface area contributed by atoms with Crippen molar-refractivity contribution in [2.75, 3.05) is 17.7 Å². The minimum Gasteiger partial charge on any atom is -0.390 e. The third-order valence-electron chi connectivity index (χ3n) is 5.18. The van der Waals surface area contributed by atoms with Crippen molar-refractivity contribution in [2.24, 2.45) is 11.8 Å². The first-order valence-electron chi connectivity index (χ1n) is 10.2. The van der Waals surface area contributed by atoms with Gasteiger partial charge in [-0.05, 0) is 62.3 Å². The molecule has 0 aliphatic rings. The van der Waals surface area contributed by atoms with Crippen LogP contribution in [0, 0.1) is 17.7 Å². The lowest BCUT2D eigenvalue weighted by Gasteiger charge is -2.32. The van der Waals surface area contributed by atoms with Crippen molar-refractivity contribution in [3.05, 3.63) is 29.6 Å². The van der Waals surface area contributed by atoms with E-state index in [2.05, 4.69) is 31.4 Å². The van der Waals surface area contributed by atoms with Crippen LogP contribution in [0.15, 0.2) is 18.2 Å². The topological polar surface area (TPSA) is 61.4 Å². The molecule has 29 heavy (non-hydrogen) atoms. The van der Waals surface area contributed by atoms with Crippen LogP contribution >= 0.6 is 23.2 Å². The number of nitrogens with one attached hydrogen (secondary N) is 2. The van der Waals surface area contributed by atoms with Crippen LogP contribution < -0.4 is 10.6 Å². The van der Waals surface area contributed by atoms with E-state index in [1.54, 1.807) is 26.0 Å². The van der Waals surface area contributed by atoms with Gasteiger partial charge in [-0.25, -0.2) is 4.39 Å². The number of hydrogen-bond donors (Lipinski definition) is 3. The fourth-order valence-electron chi connectivity index (χ4n) is 2.99. The number of amides is 1. The SMILES string of the molecule is CC(C)C(C)C(Nc1ccc(F)c(CC(=O)NCCC(C)(C)O)c1)C(Cl)CCCl. The summed E-state index contributed by atoms with van der Waals surface area (Å²) in [6.07, 6.45) is 1.02. The summed E-state index contributed by atoms with van der Waals surface area (Å²) in [6, 6.07) is 4.66. The second-order valence-electron chi connectivity index (χ2n) is 8.66. The van der Waals surface area contributed by atoms with E-state index in [0.717, 1.165) is 5.69 Å². The summed E-state index contributed by atoms with van der Waals surface area (Å²) in [5, 5.41) is 15.7. The summed E-state index contributed by atoms with van der Waals surface area (Å²) in [7, 11) is 0. The van der Waals surface area contributed by atoms with Crippen LogP contribution in [0.1, 0.15) is 53.0 Å². The number of rotatable bonds is 12. The number of anilines is 1. The Morgan fingerprint density at radius 2 is 1.93 bits per heavy atom. The maximum Gasteiger partial charge on any atom is 0.224 e. The molecule has 0 saturated heterocycles. The first-order valence-corrected chi connectivity index (χ1v) is 11.2. The molecule has 0 aromatic heterocycles. The zero-order chi connectivity index (χ0) is 22.2. The molecule has 0 spiro atoms. The van der Waals surface area contributed by atoms with E-state index >= 15 is 0 Å². The van der Waals surface area contributed by atoms with E-state index in [-0.39, 0.29) is 29.7 Å². The molecule has 4 nitrogen and oxygen atoms in total. The fraction of sp³-hybridized carbons (Fsp3) is 0.682. The summed E-state index contributed by atoms with van der Waals surface area (Å²) in [6.45, 7) is 10.1. The Bertz CT molecular complexity index is 650. The van der Waals surface area contributed by atoms with E-state index < -0.39 is 11.4 Å². The number of alkyl halides is 2. The standard InChI is InChI=1S/C22H35Cl2FN2O2/c1-14(2)15(3)21(18(24)8-10-23)27-17-6-7-19(25)16(12-17)13-20(28)26-11-9-22(4,5)29/h6-7,12,14-15,18,21,27,29H,8-11,13H2,1-5H3,(H,26,28). The number of carbonyl (C=O) groups excluding carboxylic acids is 1. The first kappa shape index (κ1) is 26.0. The second-order valence-corrected chi connectivity index (χ2v) is 9.60. The van der Waals surface area contributed by atoms with Crippen molar-refractivity contribution in [3.8, 4) is 0 Å². The van der Waals surface area contributed by atoms with Crippen LogP contribution in [-0.4, -0.2) is 40.5 Å². The highest BCUT2D eigenvalue weighted by molar-refractivity contribution is 6.22. The molecule has 1 rings (SSSR count). The Balaban J connectivity index is 2.86. The number of carbonyl (C=O) groups is 1. The van der Waals surface area contributed by atoms with Gasteiger partial charge in [-0.3, -0.25) is 4.79 Å². The van der Waals surface area contributed by atoms with Crippen molar-refractivity contribution >= 4 is 34.8 Å². The van der Waals surface area contributed by atoms with Crippen LogP contribution in [0.2, 0.25) is 0 Å². The summed E-state index contributed by atoms with van der Waals surface area (Å²) < 4.78 is 14.3. The van der Waals surface area contributed by atoms with E-state index in [1.165, 1.54) is 6.07 Å². The molecule has 0 fully saturated rings. The molecular weight excluding hydrogens is 414 g/mol. The van der Waals surface area contributed by atoms with Crippen molar-refractivity contribution < 1.29 is 14.3 Å². The molecular formula is C22H35Cl2FN2O2. The second kappa shape index (κ2) is 12.0. The van der Waals surface area contributed by atoms with Gasteiger partial charge in [0, 0.05) is 24.2 Å². The Hall–Kier alpha value is -1.04. The van der Waals surface area contributed by atoms with E-state index in [4.69, 9.17) is 23.2 Å². The molecule has 3 unspecified atom stereocenters. The van der Waals surface area contributed by atoms with Gasteiger partial charge in [0.1, 0.15) is 5.82 Å². The maximum absolute atomic E-state index is 14.3. The zero-order valence-electron chi connectivity index (χ0n) is 18.1. The zero-order valence-corrected chi connectivity index (χ0v) is 19.6. The van der Waals surface area contributed by atoms with Gasteiger partial charge in [-0.2, -0.15) is 0 Å². The fourth-order valence-corrected chi connectivity index (χ4v) is 3.73.